The number of nitro benzene ring substituents is 1. The second kappa shape index (κ2) is 8.84. The van der Waals surface area contributed by atoms with Crippen LogP contribution in [0.25, 0.3) is 0 Å². The van der Waals surface area contributed by atoms with E-state index in [2.05, 4.69) is 22.2 Å². The lowest BCUT2D eigenvalue weighted by Gasteiger charge is -2.28. The van der Waals surface area contributed by atoms with E-state index in [1.54, 1.807) is 18.2 Å². The number of ether oxygens (including phenoxy) is 1. The molecule has 7 heteroatoms. The van der Waals surface area contributed by atoms with E-state index in [4.69, 9.17) is 4.74 Å². The average Bonchev–Trinajstić information content (AvgIpc) is 2.70. The first-order valence-electron chi connectivity index (χ1n) is 8.78. The Hall–Kier alpha value is -3.35. The molecule has 1 heterocycles. The highest BCUT2D eigenvalue weighted by atomic mass is 16.6. The summed E-state index contributed by atoms with van der Waals surface area (Å²) in [4.78, 5) is 15.0. The summed E-state index contributed by atoms with van der Waals surface area (Å²) in [7, 11) is 0. The van der Waals surface area contributed by atoms with Gasteiger partial charge in [-0.1, -0.05) is 36.4 Å². The third-order valence-electron chi connectivity index (χ3n) is 4.25. The van der Waals surface area contributed by atoms with Crippen LogP contribution in [-0.4, -0.2) is 24.0 Å². The van der Waals surface area contributed by atoms with Crippen LogP contribution in [0.3, 0.4) is 0 Å². The van der Waals surface area contributed by atoms with Gasteiger partial charge in [-0.05, 0) is 11.6 Å². The lowest BCUT2D eigenvalue weighted by Crippen LogP contribution is -2.41. The number of nitrogens with one attached hydrogen (secondary N) is 2. The molecule has 3 rings (SSSR count). The molecule has 0 aromatic heterocycles. The lowest BCUT2D eigenvalue weighted by atomic mass is 10.0. The second-order valence-electron chi connectivity index (χ2n) is 6.13. The smallest absolute Gasteiger partial charge is 0.269 e. The van der Waals surface area contributed by atoms with Crippen molar-refractivity contribution >= 4 is 11.6 Å². The number of nitrogens with zero attached hydrogens (tertiary/aromatic N) is 2. The van der Waals surface area contributed by atoms with Crippen molar-refractivity contribution in [2.24, 2.45) is 4.99 Å². The number of hydrogen-bond donors (Lipinski definition) is 2. The molecular weight excluding hydrogens is 344 g/mol. The molecule has 1 atom stereocenters. The van der Waals surface area contributed by atoms with Crippen LogP contribution in [0.4, 0.5) is 5.69 Å². The number of fused-ring (bicyclic) bond motifs is 1. The Morgan fingerprint density at radius 2 is 2.07 bits per heavy atom. The molecule has 140 valence electrons. The zero-order chi connectivity index (χ0) is 19.1. The minimum Gasteiger partial charge on any atom is -0.493 e. The number of non-ortho nitro benzene ring substituents is 1. The number of rotatable bonds is 6. The van der Waals surface area contributed by atoms with Gasteiger partial charge in [0.15, 0.2) is 5.96 Å². The van der Waals surface area contributed by atoms with Gasteiger partial charge in [-0.2, -0.15) is 0 Å². The van der Waals surface area contributed by atoms with Crippen LogP contribution < -0.4 is 15.4 Å². The van der Waals surface area contributed by atoms with Crippen LogP contribution >= 0.6 is 0 Å². The molecule has 1 aliphatic rings. The molecule has 2 N–H and O–H groups in total. The molecule has 27 heavy (non-hydrogen) atoms. The van der Waals surface area contributed by atoms with Crippen LogP contribution in [0.15, 0.2) is 66.2 Å². The Bertz CT molecular complexity index is 833. The number of hydrogen-bond acceptors (Lipinski definition) is 4. The summed E-state index contributed by atoms with van der Waals surface area (Å²) in [5.41, 5.74) is 2.07. The van der Waals surface area contributed by atoms with Crippen molar-refractivity contribution in [2.75, 3.05) is 13.2 Å². The quantitative estimate of drug-likeness (QED) is 0.269. The highest BCUT2D eigenvalue weighted by Crippen LogP contribution is 2.31. The first kappa shape index (κ1) is 18.4. The number of guanidine groups is 1. The fourth-order valence-electron chi connectivity index (χ4n) is 2.87. The fraction of sp³-hybridized carbons (Fsp3) is 0.250. The number of benzene rings is 2. The molecule has 2 aromatic rings. The van der Waals surface area contributed by atoms with Crippen LogP contribution in [0, 0.1) is 10.1 Å². The molecule has 0 saturated heterocycles. The molecule has 0 fully saturated rings. The Morgan fingerprint density at radius 1 is 1.30 bits per heavy atom. The standard InChI is InChI=1S/C20H22N4O3/c1-2-12-21-20(22-14-15-7-9-16(10-8-15)24(25)26)23-18-11-13-27-19-6-4-3-5-17(18)19/h2-10,18H,1,11-14H2,(H2,21,22,23). The van der Waals surface area contributed by atoms with Gasteiger partial charge in [0.05, 0.1) is 24.1 Å². The first-order chi connectivity index (χ1) is 13.2. The van der Waals surface area contributed by atoms with Crippen molar-refractivity contribution < 1.29 is 9.66 Å². The van der Waals surface area contributed by atoms with E-state index < -0.39 is 4.92 Å². The monoisotopic (exact) mass is 366 g/mol. The van der Waals surface area contributed by atoms with Gasteiger partial charge in [-0.15, -0.1) is 6.58 Å². The van der Waals surface area contributed by atoms with Gasteiger partial charge in [0.1, 0.15) is 5.75 Å². The number of aliphatic imine (C=N–C) groups is 1. The lowest BCUT2D eigenvalue weighted by molar-refractivity contribution is -0.384. The van der Waals surface area contributed by atoms with Gasteiger partial charge < -0.3 is 15.4 Å². The van der Waals surface area contributed by atoms with E-state index in [0.29, 0.717) is 25.7 Å². The van der Waals surface area contributed by atoms with Gasteiger partial charge in [0.25, 0.3) is 5.69 Å². The second-order valence-corrected chi connectivity index (χ2v) is 6.13. The Balaban J connectivity index is 1.73. The molecule has 0 radical (unpaired) electrons. The molecule has 2 aromatic carbocycles. The summed E-state index contributed by atoms with van der Waals surface area (Å²) in [6, 6.07) is 14.5. The van der Waals surface area contributed by atoms with Gasteiger partial charge >= 0.3 is 0 Å². The SMILES string of the molecule is C=CCNC(=NCc1ccc([N+](=O)[O-])cc1)NC1CCOc2ccccc21. The third kappa shape index (κ3) is 4.84. The molecular formula is C20H22N4O3. The normalized spacial score (nSPS) is 16.0. The molecule has 1 unspecified atom stereocenters. The van der Waals surface area contributed by atoms with Crippen molar-refractivity contribution in [2.45, 2.75) is 19.0 Å². The Labute approximate surface area is 157 Å². The van der Waals surface area contributed by atoms with Gasteiger partial charge in [0, 0.05) is 30.7 Å². The first-order valence-corrected chi connectivity index (χ1v) is 8.78. The summed E-state index contributed by atoms with van der Waals surface area (Å²) in [5, 5.41) is 17.4. The van der Waals surface area contributed by atoms with Crippen LogP contribution in [-0.2, 0) is 6.54 Å². The summed E-state index contributed by atoms with van der Waals surface area (Å²) < 4.78 is 5.70. The Kier molecular flexibility index (Phi) is 6.04. The van der Waals surface area contributed by atoms with Crippen LogP contribution in [0.1, 0.15) is 23.6 Å². The third-order valence-corrected chi connectivity index (χ3v) is 4.25. The summed E-state index contributed by atoms with van der Waals surface area (Å²) in [5.74, 6) is 1.55. The van der Waals surface area contributed by atoms with E-state index in [-0.39, 0.29) is 11.7 Å². The van der Waals surface area contributed by atoms with E-state index in [1.807, 2.05) is 24.3 Å². The zero-order valence-corrected chi connectivity index (χ0v) is 14.9. The number of nitro groups is 1. The van der Waals surface area contributed by atoms with Crippen molar-refractivity contribution in [3.05, 3.63) is 82.4 Å². The topological polar surface area (TPSA) is 88.8 Å². The number of para-hydroxylation sites is 1. The summed E-state index contributed by atoms with van der Waals surface area (Å²) >= 11 is 0. The van der Waals surface area contributed by atoms with Crippen LogP contribution in [0.2, 0.25) is 0 Å². The van der Waals surface area contributed by atoms with Crippen molar-refractivity contribution in [3.63, 3.8) is 0 Å². The minimum absolute atomic E-state index is 0.0738. The molecule has 1 aliphatic heterocycles. The molecule has 0 saturated carbocycles. The van der Waals surface area contributed by atoms with E-state index >= 15 is 0 Å². The van der Waals surface area contributed by atoms with Gasteiger partial charge in [-0.25, -0.2) is 4.99 Å². The Morgan fingerprint density at radius 3 is 2.81 bits per heavy atom. The van der Waals surface area contributed by atoms with Crippen molar-refractivity contribution in [1.82, 2.24) is 10.6 Å². The molecule has 0 amide bonds. The zero-order valence-electron chi connectivity index (χ0n) is 14.9. The predicted octanol–water partition coefficient (Wildman–Crippen LogP) is 3.34. The largest absolute Gasteiger partial charge is 0.493 e. The average molecular weight is 366 g/mol. The maximum Gasteiger partial charge on any atom is 0.269 e. The summed E-state index contributed by atoms with van der Waals surface area (Å²) in [6.07, 6.45) is 2.60. The predicted molar refractivity (Wildman–Crippen MR) is 105 cm³/mol. The molecule has 7 nitrogen and oxygen atoms in total. The minimum atomic E-state index is -0.408. The van der Waals surface area contributed by atoms with Gasteiger partial charge in [0.2, 0.25) is 0 Å². The van der Waals surface area contributed by atoms with E-state index in [9.17, 15) is 10.1 Å². The molecule has 0 spiro atoms. The fourth-order valence-corrected chi connectivity index (χ4v) is 2.87. The van der Waals surface area contributed by atoms with Crippen molar-refractivity contribution in [1.29, 1.82) is 0 Å². The highest BCUT2D eigenvalue weighted by molar-refractivity contribution is 5.80. The van der Waals surface area contributed by atoms with E-state index in [0.717, 1.165) is 23.3 Å². The highest BCUT2D eigenvalue weighted by Gasteiger charge is 2.21. The maximum atomic E-state index is 10.8. The summed E-state index contributed by atoms with van der Waals surface area (Å²) in [6.45, 7) is 5.37. The van der Waals surface area contributed by atoms with Gasteiger partial charge in [-0.3, -0.25) is 10.1 Å². The van der Waals surface area contributed by atoms with Crippen LogP contribution in [0.5, 0.6) is 5.75 Å². The molecule has 0 bridgehead atoms. The molecule has 0 aliphatic carbocycles. The van der Waals surface area contributed by atoms with Crippen molar-refractivity contribution in [3.8, 4) is 5.75 Å². The van der Waals surface area contributed by atoms with E-state index in [1.165, 1.54) is 12.1 Å². The maximum absolute atomic E-state index is 10.8.